The van der Waals surface area contributed by atoms with Gasteiger partial charge in [0, 0.05) is 0 Å². The molecular weight excluding hydrogens is 268 g/mol. The Morgan fingerprint density at radius 2 is 2.16 bits per heavy atom. The van der Waals surface area contributed by atoms with E-state index in [0.29, 0.717) is 5.69 Å². The van der Waals surface area contributed by atoms with E-state index in [1.165, 1.54) is 6.07 Å². The second kappa shape index (κ2) is 5.12. The van der Waals surface area contributed by atoms with Gasteiger partial charge in [-0.1, -0.05) is 23.6 Å². The van der Waals surface area contributed by atoms with Crippen LogP contribution in [0.5, 0.6) is 0 Å². The molecule has 0 saturated heterocycles. The summed E-state index contributed by atoms with van der Waals surface area (Å²) in [4.78, 5) is 36.3. The van der Waals surface area contributed by atoms with Crippen molar-refractivity contribution in [3.05, 3.63) is 28.8 Å². The number of hydrogen-bond donors (Lipinski definition) is 1. The summed E-state index contributed by atoms with van der Waals surface area (Å²) in [5, 5.41) is 2.62. The predicted molar refractivity (Wildman–Crippen MR) is 70.0 cm³/mol. The number of nitrogens with zero attached hydrogens (tertiary/aromatic N) is 1. The van der Waals surface area contributed by atoms with Crippen LogP contribution in [0.4, 0.5) is 5.69 Å². The summed E-state index contributed by atoms with van der Waals surface area (Å²) >= 11 is 5.89. The summed E-state index contributed by atoms with van der Waals surface area (Å²) in [6.07, 6.45) is 5.01. The molecule has 0 atom stereocenters. The Morgan fingerprint density at radius 1 is 1.42 bits per heavy atom. The SMILES string of the molecule is C#CCNC(=O)CN1C(=O)C(=O)c2c(Cl)cccc21. The largest absolute Gasteiger partial charge is 0.344 e. The topological polar surface area (TPSA) is 66.5 Å². The number of anilines is 1. The zero-order valence-corrected chi connectivity index (χ0v) is 10.5. The quantitative estimate of drug-likeness (QED) is 0.650. The number of rotatable bonds is 3. The molecule has 2 rings (SSSR count). The lowest BCUT2D eigenvalue weighted by molar-refractivity contribution is -0.121. The summed E-state index contributed by atoms with van der Waals surface area (Å²) < 4.78 is 0. The molecule has 0 bridgehead atoms. The van der Waals surface area contributed by atoms with E-state index in [0.717, 1.165) is 4.90 Å². The predicted octanol–water partition coefficient (Wildman–Crippen LogP) is 0.619. The van der Waals surface area contributed by atoms with E-state index >= 15 is 0 Å². The number of terminal acetylenes is 1. The van der Waals surface area contributed by atoms with Crippen LogP contribution in [0.3, 0.4) is 0 Å². The third-order valence-electron chi connectivity index (χ3n) is 2.64. The fraction of sp³-hybridized carbons (Fsp3) is 0.154. The van der Waals surface area contributed by atoms with Crippen LogP contribution < -0.4 is 10.2 Å². The van der Waals surface area contributed by atoms with Gasteiger partial charge in [-0.15, -0.1) is 6.42 Å². The lowest BCUT2D eigenvalue weighted by atomic mass is 10.1. The number of fused-ring (bicyclic) bond motifs is 1. The van der Waals surface area contributed by atoms with Crippen LogP contribution in [-0.2, 0) is 9.59 Å². The highest BCUT2D eigenvalue weighted by Crippen LogP contribution is 2.33. The number of hydrogen-bond acceptors (Lipinski definition) is 3. The Balaban J connectivity index is 2.27. The van der Waals surface area contributed by atoms with Crippen molar-refractivity contribution in [1.29, 1.82) is 0 Å². The van der Waals surface area contributed by atoms with Gasteiger partial charge in [0.15, 0.2) is 0 Å². The Bertz CT molecular complexity index is 619. The van der Waals surface area contributed by atoms with E-state index in [4.69, 9.17) is 18.0 Å². The van der Waals surface area contributed by atoms with Crippen LogP contribution in [0.2, 0.25) is 5.02 Å². The fourth-order valence-corrected chi connectivity index (χ4v) is 2.06. The van der Waals surface area contributed by atoms with Crippen molar-refractivity contribution in [3.8, 4) is 12.3 Å². The number of ketones is 1. The molecule has 0 unspecified atom stereocenters. The first-order chi connectivity index (χ1) is 9.06. The number of halogens is 1. The maximum Gasteiger partial charge on any atom is 0.300 e. The monoisotopic (exact) mass is 276 g/mol. The minimum absolute atomic E-state index is 0.0667. The maximum absolute atomic E-state index is 11.8. The first-order valence-corrected chi connectivity index (χ1v) is 5.79. The molecule has 1 aliphatic rings. The number of carbonyl (C=O) groups is 3. The van der Waals surface area contributed by atoms with Crippen molar-refractivity contribution in [2.45, 2.75) is 0 Å². The van der Waals surface area contributed by atoms with Crippen molar-refractivity contribution in [2.24, 2.45) is 0 Å². The second-order valence-electron chi connectivity index (χ2n) is 3.84. The third-order valence-corrected chi connectivity index (χ3v) is 2.95. The van der Waals surface area contributed by atoms with E-state index in [1.807, 2.05) is 0 Å². The molecule has 1 aromatic carbocycles. The number of amides is 2. The molecule has 1 N–H and O–H groups in total. The van der Waals surface area contributed by atoms with Gasteiger partial charge in [-0.2, -0.15) is 0 Å². The highest BCUT2D eigenvalue weighted by Gasteiger charge is 2.38. The van der Waals surface area contributed by atoms with Crippen molar-refractivity contribution in [2.75, 3.05) is 18.0 Å². The summed E-state index contributed by atoms with van der Waals surface area (Å²) in [5.41, 5.74) is 0.484. The Labute approximate surface area is 114 Å². The number of benzene rings is 1. The van der Waals surface area contributed by atoms with Crippen LogP contribution in [0.15, 0.2) is 18.2 Å². The van der Waals surface area contributed by atoms with Crippen LogP contribution in [0, 0.1) is 12.3 Å². The average Bonchev–Trinajstić information content (AvgIpc) is 2.63. The molecule has 0 fully saturated rings. The average molecular weight is 277 g/mol. The molecular formula is C13H9ClN2O3. The smallest absolute Gasteiger partial charge is 0.300 e. The van der Waals surface area contributed by atoms with Gasteiger partial charge >= 0.3 is 0 Å². The zero-order valence-electron chi connectivity index (χ0n) is 9.77. The van der Waals surface area contributed by atoms with Gasteiger partial charge in [0.2, 0.25) is 5.91 Å². The molecule has 1 aromatic rings. The van der Waals surface area contributed by atoms with Crippen molar-refractivity contribution >= 4 is 34.9 Å². The van der Waals surface area contributed by atoms with Crippen LogP contribution in [0.25, 0.3) is 0 Å². The summed E-state index contributed by atoms with van der Waals surface area (Å²) in [6.45, 7) is -0.198. The molecule has 0 aromatic heterocycles. The Morgan fingerprint density at radius 3 is 2.84 bits per heavy atom. The molecule has 19 heavy (non-hydrogen) atoms. The van der Waals surface area contributed by atoms with E-state index < -0.39 is 17.6 Å². The summed E-state index contributed by atoms with van der Waals surface area (Å²) in [5.74, 6) is 0.342. The maximum atomic E-state index is 11.8. The van der Waals surface area contributed by atoms with E-state index in [-0.39, 0.29) is 23.7 Å². The zero-order chi connectivity index (χ0) is 14.0. The van der Waals surface area contributed by atoms with Gasteiger partial charge in [0.1, 0.15) is 6.54 Å². The number of Topliss-reactive ketones (excluding diaryl/α,β-unsaturated/α-hetero) is 1. The normalized spacial score (nSPS) is 13.2. The summed E-state index contributed by atoms with van der Waals surface area (Å²) in [7, 11) is 0. The molecule has 0 saturated carbocycles. The van der Waals surface area contributed by atoms with Crippen LogP contribution in [0.1, 0.15) is 10.4 Å². The van der Waals surface area contributed by atoms with Crippen molar-refractivity contribution < 1.29 is 14.4 Å². The lowest BCUT2D eigenvalue weighted by Crippen LogP contribution is -2.40. The molecule has 5 nitrogen and oxygen atoms in total. The lowest BCUT2D eigenvalue weighted by Gasteiger charge is -2.15. The molecule has 6 heteroatoms. The van der Waals surface area contributed by atoms with E-state index in [2.05, 4.69) is 11.2 Å². The minimum Gasteiger partial charge on any atom is -0.344 e. The van der Waals surface area contributed by atoms with Gasteiger partial charge < -0.3 is 5.32 Å². The molecule has 0 spiro atoms. The fourth-order valence-electron chi connectivity index (χ4n) is 1.81. The standard InChI is InChI=1S/C13H9ClN2O3/c1-2-6-15-10(17)7-16-9-5-3-4-8(14)11(9)12(18)13(16)19/h1,3-5H,6-7H2,(H,15,17). The molecule has 2 amide bonds. The highest BCUT2D eigenvalue weighted by molar-refractivity contribution is 6.55. The van der Waals surface area contributed by atoms with E-state index in [1.54, 1.807) is 12.1 Å². The second-order valence-corrected chi connectivity index (χ2v) is 4.24. The van der Waals surface area contributed by atoms with Gasteiger partial charge in [-0.05, 0) is 12.1 Å². The van der Waals surface area contributed by atoms with E-state index in [9.17, 15) is 14.4 Å². The number of nitrogens with one attached hydrogen (secondary N) is 1. The first-order valence-electron chi connectivity index (χ1n) is 5.41. The Kier molecular flexibility index (Phi) is 3.54. The molecule has 0 aliphatic carbocycles. The Hall–Kier alpha value is -2.32. The first kappa shape index (κ1) is 13.1. The van der Waals surface area contributed by atoms with Gasteiger partial charge in [0.05, 0.1) is 22.8 Å². The minimum atomic E-state index is -0.765. The molecule has 96 valence electrons. The molecule has 1 heterocycles. The highest BCUT2D eigenvalue weighted by atomic mass is 35.5. The summed E-state index contributed by atoms with van der Waals surface area (Å²) in [6, 6.07) is 4.70. The van der Waals surface area contributed by atoms with Gasteiger partial charge in [-0.25, -0.2) is 0 Å². The van der Waals surface area contributed by atoms with Gasteiger partial charge in [-0.3, -0.25) is 19.3 Å². The molecule has 0 radical (unpaired) electrons. The van der Waals surface area contributed by atoms with Crippen LogP contribution >= 0.6 is 11.6 Å². The number of carbonyl (C=O) groups excluding carboxylic acids is 3. The third kappa shape index (κ3) is 2.30. The van der Waals surface area contributed by atoms with Gasteiger partial charge in [0.25, 0.3) is 11.7 Å². The van der Waals surface area contributed by atoms with Crippen molar-refractivity contribution in [3.63, 3.8) is 0 Å². The molecule has 1 aliphatic heterocycles. The van der Waals surface area contributed by atoms with Crippen LogP contribution in [-0.4, -0.2) is 30.7 Å². The van der Waals surface area contributed by atoms with Crippen molar-refractivity contribution in [1.82, 2.24) is 5.32 Å².